The Hall–Kier alpha value is -2.88. The first-order valence-electron chi connectivity index (χ1n) is 8.02. The molecule has 0 aliphatic heterocycles. The zero-order valence-corrected chi connectivity index (χ0v) is 13.1. The summed E-state index contributed by atoms with van der Waals surface area (Å²) in [5.74, 6) is 0.430. The van der Waals surface area contributed by atoms with Gasteiger partial charge in [0.1, 0.15) is 11.3 Å². The molecule has 0 saturated heterocycles. The highest BCUT2D eigenvalue weighted by atomic mass is 16.5. The van der Waals surface area contributed by atoms with Gasteiger partial charge in [-0.05, 0) is 37.0 Å². The lowest BCUT2D eigenvalue weighted by atomic mass is 10.1. The number of hydrogen-bond acceptors (Lipinski definition) is 4. The fourth-order valence-electron chi connectivity index (χ4n) is 3.21. The first-order valence-corrected chi connectivity index (χ1v) is 8.02. The largest absolute Gasteiger partial charge is 0.485 e. The number of rotatable bonds is 4. The normalized spacial score (nSPS) is 13.0. The van der Waals surface area contributed by atoms with Crippen LogP contribution >= 0.6 is 0 Å². The summed E-state index contributed by atoms with van der Waals surface area (Å²) in [6.07, 6.45) is 2.69. The molecule has 0 radical (unpaired) electrons. The molecule has 0 bridgehead atoms. The molecule has 120 valence electrons. The molecular formula is C20H16O4. The number of ketones is 1. The summed E-state index contributed by atoms with van der Waals surface area (Å²) >= 11 is 0. The van der Waals surface area contributed by atoms with Crippen molar-refractivity contribution < 1.29 is 13.9 Å². The van der Waals surface area contributed by atoms with Crippen LogP contribution in [-0.2, 0) is 12.8 Å². The van der Waals surface area contributed by atoms with Crippen molar-refractivity contribution >= 4 is 16.8 Å². The summed E-state index contributed by atoms with van der Waals surface area (Å²) in [5, 5.41) is 0.962. The standard InChI is InChI=1S/C20H16O4/c21-18(13-5-2-1-3-6-13)12-23-14-9-10-16-15-7-4-8-17(15)20(22)24-19(16)11-14/h1-3,5-6,9-11H,4,7-8,12H2. The fraction of sp³-hybridized carbons (Fsp3) is 0.200. The lowest BCUT2D eigenvalue weighted by molar-refractivity contribution is 0.0921. The number of ether oxygens (including phenoxy) is 1. The molecule has 0 N–H and O–H groups in total. The molecule has 0 spiro atoms. The van der Waals surface area contributed by atoms with E-state index in [0.29, 0.717) is 16.9 Å². The van der Waals surface area contributed by atoms with Gasteiger partial charge in [0, 0.05) is 22.6 Å². The van der Waals surface area contributed by atoms with Crippen LogP contribution in [0.1, 0.15) is 27.9 Å². The van der Waals surface area contributed by atoms with Crippen LogP contribution in [0.3, 0.4) is 0 Å². The number of aryl methyl sites for hydroxylation is 1. The molecule has 3 aromatic rings. The molecule has 4 nitrogen and oxygen atoms in total. The Kier molecular flexibility index (Phi) is 3.65. The quantitative estimate of drug-likeness (QED) is 0.545. The SMILES string of the molecule is O=C(COc1ccc2c3c(c(=O)oc2c1)CCC3)c1ccccc1. The van der Waals surface area contributed by atoms with Gasteiger partial charge in [-0.2, -0.15) is 0 Å². The van der Waals surface area contributed by atoms with E-state index in [4.69, 9.17) is 9.15 Å². The molecule has 2 aromatic carbocycles. The van der Waals surface area contributed by atoms with Crippen molar-refractivity contribution in [1.82, 2.24) is 0 Å². The zero-order chi connectivity index (χ0) is 16.5. The Labute approximate surface area is 138 Å². The summed E-state index contributed by atoms with van der Waals surface area (Å²) < 4.78 is 11.0. The fourth-order valence-corrected chi connectivity index (χ4v) is 3.21. The van der Waals surface area contributed by atoms with Gasteiger partial charge in [0.25, 0.3) is 0 Å². The molecule has 1 aliphatic carbocycles. The van der Waals surface area contributed by atoms with Crippen LogP contribution in [-0.4, -0.2) is 12.4 Å². The van der Waals surface area contributed by atoms with E-state index in [1.165, 1.54) is 0 Å². The van der Waals surface area contributed by atoms with Crippen molar-refractivity contribution in [3.8, 4) is 5.75 Å². The Bertz CT molecular complexity index is 970. The van der Waals surface area contributed by atoms with Gasteiger partial charge < -0.3 is 9.15 Å². The van der Waals surface area contributed by atoms with Gasteiger partial charge in [-0.3, -0.25) is 4.79 Å². The Morgan fingerprint density at radius 1 is 1.04 bits per heavy atom. The molecular weight excluding hydrogens is 304 g/mol. The summed E-state index contributed by atoms with van der Waals surface area (Å²) in [6, 6.07) is 14.4. The topological polar surface area (TPSA) is 56.5 Å². The van der Waals surface area contributed by atoms with Crippen molar-refractivity contribution in [3.63, 3.8) is 0 Å². The van der Waals surface area contributed by atoms with E-state index >= 15 is 0 Å². The van der Waals surface area contributed by atoms with Gasteiger partial charge in [-0.1, -0.05) is 30.3 Å². The summed E-state index contributed by atoms with van der Waals surface area (Å²) in [5.41, 5.74) is 2.77. The van der Waals surface area contributed by atoms with Gasteiger partial charge in [0.05, 0.1) is 0 Å². The van der Waals surface area contributed by atoms with Gasteiger partial charge in [0.2, 0.25) is 0 Å². The predicted octanol–water partition coefficient (Wildman–Crippen LogP) is 3.54. The zero-order valence-electron chi connectivity index (χ0n) is 13.1. The van der Waals surface area contributed by atoms with E-state index < -0.39 is 0 Å². The summed E-state index contributed by atoms with van der Waals surface area (Å²) in [6.45, 7) is -0.0509. The van der Waals surface area contributed by atoms with E-state index in [-0.39, 0.29) is 18.0 Å². The van der Waals surface area contributed by atoms with E-state index in [1.807, 2.05) is 30.3 Å². The van der Waals surface area contributed by atoms with Crippen LogP contribution in [0.2, 0.25) is 0 Å². The highest BCUT2D eigenvalue weighted by molar-refractivity contribution is 5.97. The third-order valence-electron chi connectivity index (χ3n) is 4.41. The lowest BCUT2D eigenvalue weighted by Crippen LogP contribution is -2.11. The second kappa shape index (κ2) is 5.96. The Balaban J connectivity index is 1.59. The number of Topliss-reactive ketones (excluding diaryl/α,β-unsaturated/α-hetero) is 1. The number of benzene rings is 2. The van der Waals surface area contributed by atoms with Crippen LogP contribution < -0.4 is 10.4 Å². The van der Waals surface area contributed by atoms with E-state index in [2.05, 4.69) is 0 Å². The van der Waals surface area contributed by atoms with E-state index in [1.54, 1.807) is 18.2 Å². The van der Waals surface area contributed by atoms with Crippen LogP contribution in [0.15, 0.2) is 57.7 Å². The van der Waals surface area contributed by atoms with Gasteiger partial charge in [-0.15, -0.1) is 0 Å². The number of fused-ring (bicyclic) bond motifs is 3. The number of hydrogen-bond donors (Lipinski definition) is 0. The van der Waals surface area contributed by atoms with Crippen LogP contribution in [0.4, 0.5) is 0 Å². The molecule has 0 unspecified atom stereocenters. The Morgan fingerprint density at radius 2 is 1.83 bits per heavy atom. The predicted molar refractivity (Wildman–Crippen MR) is 90.8 cm³/mol. The lowest BCUT2D eigenvalue weighted by Gasteiger charge is -2.08. The molecule has 0 saturated carbocycles. The molecule has 1 aromatic heterocycles. The van der Waals surface area contributed by atoms with Gasteiger partial charge in [0.15, 0.2) is 12.4 Å². The first-order chi connectivity index (χ1) is 11.7. The molecule has 0 amide bonds. The average Bonchev–Trinajstić information content (AvgIpc) is 3.11. The monoisotopic (exact) mass is 320 g/mol. The van der Waals surface area contributed by atoms with Crippen LogP contribution in [0.5, 0.6) is 5.75 Å². The van der Waals surface area contributed by atoms with Crippen molar-refractivity contribution in [1.29, 1.82) is 0 Å². The van der Waals surface area contributed by atoms with Crippen molar-refractivity contribution in [3.05, 3.63) is 75.6 Å². The van der Waals surface area contributed by atoms with Crippen molar-refractivity contribution in [2.75, 3.05) is 6.61 Å². The first kappa shape index (κ1) is 14.7. The smallest absolute Gasteiger partial charge is 0.339 e. The minimum atomic E-state index is -0.257. The average molecular weight is 320 g/mol. The second-order valence-corrected chi connectivity index (χ2v) is 5.94. The molecule has 1 aliphatic rings. The van der Waals surface area contributed by atoms with E-state index in [9.17, 15) is 9.59 Å². The molecule has 4 heteroatoms. The van der Waals surface area contributed by atoms with Gasteiger partial charge in [-0.25, -0.2) is 4.79 Å². The molecule has 4 rings (SSSR count). The maximum atomic E-state index is 12.1. The van der Waals surface area contributed by atoms with Gasteiger partial charge >= 0.3 is 5.63 Å². The third kappa shape index (κ3) is 2.60. The maximum absolute atomic E-state index is 12.1. The summed E-state index contributed by atoms with van der Waals surface area (Å²) in [7, 11) is 0. The maximum Gasteiger partial charge on any atom is 0.339 e. The molecule has 1 heterocycles. The highest BCUT2D eigenvalue weighted by Gasteiger charge is 2.19. The Morgan fingerprint density at radius 3 is 2.67 bits per heavy atom. The van der Waals surface area contributed by atoms with E-state index in [0.717, 1.165) is 35.8 Å². The highest BCUT2D eigenvalue weighted by Crippen LogP contribution is 2.29. The minimum Gasteiger partial charge on any atom is -0.485 e. The van der Waals surface area contributed by atoms with Crippen LogP contribution in [0, 0.1) is 0 Å². The second-order valence-electron chi connectivity index (χ2n) is 5.94. The molecule has 0 fully saturated rings. The van der Waals surface area contributed by atoms with Crippen molar-refractivity contribution in [2.24, 2.45) is 0 Å². The van der Waals surface area contributed by atoms with Crippen LogP contribution in [0.25, 0.3) is 11.0 Å². The molecule has 24 heavy (non-hydrogen) atoms. The summed E-state index contributed by atoms with van der Waals surface area (Å²) in [4.78, 5) is 24.1. The number of carbonyl (C=O) groups is 1. The third-order valence-corrected chi connectivity index (χ3v) is 4.41. The minimum absolute atomic E-state index is 0.0509. The van der Waals surface area contributed by atoms with Crippen molar-refractivity contribution in [2.45, 2.75) is 19.3 Å². The number of carbonyl (C=O) groups excluding carboxylic acids is 1. The molecule has 0 atom stereocenters.